The maximum atomic E-state index is 5.13. The molecule has 0 spiro atoms. The van der Waals surface area contributed by atoms with E-state index >= 15 is 0 Å². The van der Waals surface area contributed by atoms with Crippen LogP contribution in [0.1, 0.15) is 22.3 Å². The fraction of sp³-hybridized carbons (Fsp3) is 0.0698. The molecule has 250 valence electrons. The number of para-hydroxylation sites is 2. The Kier molecular flexibility index (Phi) is 9.92. The van der Waals surface area contributed by atoms with E-state index in [4.69, 9.17) is 10.2 Å². The molecule has 8 rings (SSSR count). The van der Waals surface area contributed by atoms with E-state index in [1.807, 2.05) is 89.2 Å². The summed E-state index contributed by atoms with van der Waals surface area (Å²) in [5.41, 5.74) is 11.9. The van der Waals surface area contributed by atoms with Crippen LogP contribution in [0.25, 0.3) is 0 Å². The molecule has 0 N–H and O–H groups in total. The van der Waals surface area contributed by atoms with Crippen LogP contribution < -0.4 is 36.2 Å². The summed E-state index contributed by atoms with van der Waals surface area (Å²) >= 11 is 0. The van der Waals surface area contributed by atoms with Crippen LogP contribution >= 0.6 is 0 Å². The number of benzene rings is 6. The van der Waals surface area contributed by atoms with Gasteiger partial charge in [0.1, 0.15) is 5.84 Å². The Morgan fingerprint density at radius 1 is 0.588 bits per heavy atom. The average molecular weight is 842 g/mol. The quantitative estimate of drug-likeness (QED) is 0.123. The molecule has 0 aliphatic carbocycles. The summed E-state index contributed by atoms with van der Waals surface area (Å²) in [4.78, 5) is 4.14. The van der Waals surface area contributed by atoms with Gasteiger partial charge in [-0.25, -0.2) is 0 Å². The number of hydrazone groups is 2. The van der Waals surface area contributed by atoms with Gasteiger partial charge in [-0.2, -0.15) is 57.5 Å². The van der Waals surface area contributed by atoms with Gasteiger partial charge in [0.15, 0.2) is 6.71 Å². The Morgan fingerprint density at radius 3 is 1.75 bits per heavy atom. The number of hydrogen-bond donors (Lipinski definition) is 0. The molecule has 0 bridgehead atoms. The second kappa shape index (κ2) is 14.8. The fourth-order valence-electron chi connectivity index (χ4n) is 6.84. The van der Waals surface area contributed by atoms with E-state index in [0.717, 1.165) is 45.1 Å². The van der Waals surface area contributed by atoms with Gasteiger partial charge in [0.25, 0.3) is 0 Å². The maximum Gasteiger partial charge on any atom is 4.00 e. The van der Waals surface area contributed by atoms with Crippen molar-refractivity contribution in [1.29, 1.82) is 0 Å². The third kappa shape index (κ3) is 7.00. The first-order valence-corrected chi connectivity index (χ1v) is 16.8. The van der Waals surface area contributed by atoms with Gasteiger partial charge in [0.05, 0.1) is 6.34 Å². The first-order valence-electron chi connectivity index (χ1n) is 16.8. The van der Waals surface area contributed by atoms with Crippen molar-refractivity contribution in [2.24, 2.45) is 10.2 Å². The van der Waals surface area contributed by atoms with Crippen molar-refractivity contribution < 1.29 is 21.1 Å². The minimum Gasteiger partial charge on any atom is -0.463 e. The van der Waals surface area contributed by atoms with Crippen molar-refractivity contribution in [3.05, 3.63) is 187 Å². The summed E-state index contributed by atoms with van der Waals surface area (Å²) < 4.78 is 0. The molecule has 6 aromatic rings. The summed E-state index contributed by atoms with van der Waals surface area (Å²) in [6.45, 7) is 10.5. The molecule has 6 aromatic carbocycles. The van der Waals surface area contributed by atoms with Crippen LogP contribution in [0.2, 0.25) is 0 Å². The summed E-state index contributed by atoms with van der Waals surface area (Å²) in [6.07, 6.45) is 1.83. The van der Waals surface area contributed by atoms with Gasteiger partial charge >= 0.3 is 21.1 Å². The minimum atomic E-state index is -0.127. The molecule has 2 aliphatic heterocycles. The Bertz CT molecular complexity index is 2170. The molecule has 0 atom stereocenters. The van der Waals surface area contributed by atoms with Crippen molar-refractivity contribution in [3.8, 4) is 0 Å². The van der Waals surface area contributed by atoms with Crippen molar-refractivity contribution in [1.82, 2.24) is 0 Å². The molecular weight excluding hydrogens is 806 g/mol. The van der Waals surface area contributed by atoms with Crippen molar-refractivity contribution in [2.45, 2.75) is 20.8 Å². The second-order valence-corrected chi connectivity index (χ2v) is 12.6. The number of hydrogen-bond acceptors (Lipinski definition) is 6. The normalized spacial score (nSPS) is 13.7. The molecule has 2 heterocycles. The van der Waals surface area contributed by atoms with Gasteiger partial charge < -0.3 is 19.8 Å². The minimum absolute atomic E-state index is 0. The molecular formula is C43H35BN6Pt. The second-order valence-electron chi connectivity index (χ2n) is 12.6. The third-order valence-corrected chi connectivity index (χ3v) is 9.06. The van der Waals surface area contributed by atoms with Crippen molar-refractivity contribution >= 4 is 58.0 Å². The van der Waals surface area contributed by atoms with E-state index in [9.17, 15) is 0 Å². The first-order chi connectivity index (χ1) is 24.5. The smallest absolute Gasteiger partial charge is 0.463 e. The zero-order valence-electron chi connectivity index (χ0n) is 28.6. The van der Waals surface area contributed by atoms with Gasteiger partial charge in [-0.15, -0.1) is 25.5 Å². The zero-order chi connectivity index (χ0) is 34.0. The van der Waals surface area contributed by atoms with Crippen LogP contribution in [0.5, 0.6) is 0 Å². The Labute approximate surface area is 315 Å². The first kappa shape index (κ1) is 34.1. The molecule has 2 aliphatic rings. The van der Waals surface area contributed by atoms with Crippen molar-refractivity contribution in [2.75, 3.05) is 19.8 Å². The van der Waals surface area contributed by atoms with Crippen LogP contribution in [0.4, 0.5) is 22.7 Å². The standard InChI is InChI=1S/C43H35BN6.Pt/c1-32-25-33(2)42(34(3)26-32)44(36-17-13-23-40(27-36)49-30-47(29-45-49)38-19-9-5-10-20-38)37-18-14-24-41(28-37)50-31-48(39-21-11-6-12-22-39)43(46-50)35-15-7-4-8-16-35;/h4-26,29-31H,1-3H3;/q-4;+4. The number of nitrogens with zero attached hydrogens (tertiary/aromatic N) is 6. The molecule has 0 saturated carbocycles. The van der Waals surface area contributed by atoms with E-state index in [1.165, 1.54) is 22.2 Å². The predicted octanol–water partition coefficient (Wildman–Crippen LogP) is 6.92. The summed E-state index contributed by atoms with van der Waals surface area (Å²) in [5.74, 6) is 0.852. The number of amidine groups is 1. The zero-order valence-corrected chi connectivity index (χ0v) is 30.9. The van der Waals surface area contributed by atoms with Crippen molar-refractivity contribution in [3.63, 3.8) is 0 Å². The number of rotatable bonds is 8. The molecule has 0 saturated heterocycles. The van der Waals surface area contributed by atoms with Gasteiger partial charge in [0.2, 0.25) is 0 Å². The SMILES string of the molecule is Cc1cc(C)c(B(c2[c-]c(N3[CH-]N(c4ccccc4)C=N3)ccc2)c2[c-]c(N3[CH-]N(c4ccccc4)C(c4ccccc4)=N3)ccc2)c(C)c1.[Pt+4]. The van der Waals surface area contributed by atoms with Crippen LogP contribution in [-0.4, -0.2) is 18.9 Å². The monoisotopic (exact) mass is 841 g/mol. The largest absolute Gasteiger partial charge is 4.00 e. The topological polar surface area (TPSA) is 37.7 Å². The Morgan fingerprint density at radius 2 is 1.14 bits per heavy atom. The molecule has 51 heavy (non-hydrogen) atoms. The third-order valence-electron chi connectivity index (χ3n) is 9.06. The Balaban J connectivity index is 0.00000406. The molecule has 0 aromatic heterocycles. The van der Waals surface area contributed by atoms with E-state index in [2.05, 4.69) is 123 Å². The summed E-state index contributed by atoms with van der Waals surface area (Å²) in [5, 5.41) is 13.6. The summed E-state index contributed by atoms with van der Waals surface area (Å²) in [7, 11) is 0. The van der Waals surface area contributed by atoms with Crippen LogP contribution in [0.3, 0.4) is 0 Å². The molecule has 0 amide bonds. The van der Waals surface area contributed by atoms with E-state index in [-0.39, 0.29) is 27.8 Å². The number of aryl methyl sites for hydroxylation is 3. The molecule has 0 unspecified atom stereocenters. The predicted molar refractivity (Wildman–Crippen MR) is 209 cm³/mol. The molecule has 0 fully saturated rings. The molecule has 8 heteroatoms. The van der Waals surface area contributed by atoms with Crippen LogP contribution in [0, 0.1) is 46.2 Å². The average Bonchev–Trinajstić information content (AvgIpc) is 3.84. The van der Waals surface area contributed by atoms with Crippen LogP contribution in [-0.2, 0) is 21.1 Å². The van der Waals surface area contributed by atoms with Gasteiger partial charge in [0, 0.05) is 16.9 Å². The van der Waals surface area contributed by atoms with Gasteiger partial charge in [-0.05, 0) is 45.0 Å². The Hall–Kier alpha value is -5.39. The van der Waals surface area contributed by atoms with E-state index in [0.29, 0.717) is 0 Å². The maximum absolute atomic E-state index is 5.13. The van der Waals surface area contributed by atoms with Gasteiger partial charge in [-0.1, -0.05) is 112 Å². The van der Waals surface area contributed by atoms with Crippen LogP contribution in [0.15, 0.2) is 150 Å². The van der Waals surface area contributed by atoms with E-state index in [1.54, 1.807) is 0 Å². The summed E-state index contributed by atoms with van der Waals surface area (Å²) in [6, 6.07) is 55.5. The molecule has 6 nitrogen and oxygen atoms in total. The fourth-order valence-corrected chi connectivity index (χ4v) is 6.84. The van der Waals surface area contributed by atoms with E-state index < -0.39 is 0 Å². The van der Waals surface area contributed by atoms with Gasteiger partial charge in [-0.3, -0.25) is 0 Å². The number of anilines is 4. The molecule has 0 radical (unpaired) electrons.